The standard InChI is InChI=1S/C12H16FN5/c1-8(14-3)12-15-16-17-18(12)9(2)10-4-6-11(13)7-5-10/h4-9,14H,1-3H3. The Morgan fingerprint density at radius 1 is 1.22 bits per heavy atom. The highest BCUT2D eigenvalue weighted by molar-refractivity contribution is 5.20. The van der Waals surface area contributed by atoms with Gasteiger partial charge in [-0.1, -0.05) is 12.1 Å². The summed E-state index contributed by atoms with van der Waals surface area (Å²) < 4.78 is 14.6. The van der Waals surface area contributed by atoms with Crippen molar-refractivity contribution >= 4 is 0 Å². The molecule has 5 nitrogen and oxygen atoms in total. The van der Waals surface area contributed by atoms with Crippen molar-refractivity contribution in [2.24, 2.45) is 0 Å². The van der Waals surface area contributed by atoms with Gasteiger partial charge in [-0.05, 0) is 49.0 Å². The zero-order valence-corrected chi connectivity index (χ0v) is 10.6. The van der Waals surface area contributed by atoms with E-state index in [1.165, 1.54) is 12.1 Å². The quantitative estimate of drug-likeness (QED) is 0.896. The van der Waals surface area contributed by atoms with Gasteiger partial charge < -0.3 is 5.32 Å². The largest absolute Gasteiger partial charge is 0.311 e. The van der Waals surface area contributed by atoms with Gasteiger partial charge in [0.2, 0.25) is 0 Å². The average molecular weight is 249 g/mol. The first-order valence-corrected chi connectivity index (χ1v) is 5.84. The van der Waals surface area contributed by atoms with Crippen LogP contribution in [0.5, 0.6) is 0 Å². The smallest absolute Gasteiger partial charge is 0.168 e. The summed E-state index contributed by atoms with van der Waals surface area (Å²) in [6.07, 6.45) is 0. The van der Waals surface area contributed by atoms with Gasteiger partial charge in [0.25, 0.3) is 0 Å². The van der Waals surface area contributed by atoms with Crippen LogP contribution in [0.15, 0.2) is 24.3 Å². The Morgan fingerprint density at radius 2 is 1.89 bits per heavy atom. The van der Waals surface area contributed by atoms with Crippen molar-refractivity contribution in [3.05, 3.63) is 41.5 Å². The Bertz CT molecular complexity index is 507. The number of nitrogens with one attached hydrogen (secondary N) is 1. The molecule has 0 saturated heterocycles. The van der Waals surface area contributed by atoms with Gasteiger partial charge in [-0.2, -0.15) is 0 Å². The Kier molecular flexibility index (Phi) is 3.66. The minimum absolute atomic E-state index is 0.0357. The summed E-state index contributed by atoms with van der Waals surface area (Å²) in [5, 5.41) is 14.8. The Balaban J connectivity index is 2.31. The number of rotatable bonds is 4. The predicted octanol–water partition coefficient (Wildman–Crippen LogP) is 1.70. The fourth-order valence-electron chi connectivity index (χ4n) is 1.77. The third-order valence-corrected chi connectivity index (χ3v) is 3.06. The van der Waals surface area contributed by atoms with E-state index in [0.717, 1.165) is 11.4 Å². The molecule has 0 saturated carbocycles. The summed E-state index contributed by atoms with van der Waals surface area (Å²) in [6, 6.07) is 6.40. The van der Waals surface area contributed by atoms with Crippen LogP contribution in [0.2, 0.25) is 0 Å². The van der Waals surface area contributed by atoms with E-state index in [4.69, 9.17) is 0 Å². The summed E-state index contributed by atoms with van der Waals surface area (Å²) in [7, 11) is 1.85. The molecule has 1 N–H and O–H groups in total. The van der Waals surface area contributed by atoms with Crippen molar-refractivity contribution in [2.75, 3.05) is 7.05 Å². The number of hydrogen-bond donors (Lipinski definition) is 1. The Labute approximate surface area is 105 Å². The highest BCUT2D eigenvalue weighted by Crippen LogP contribution is 2.20. The van der Waals surface area contributed by atoms with Crippen LogP contribution >= 0.6 is 0 Å². The number of halogens is 1. The first-order valence-electron chi connectivity index (χ1n) is 5.84. The van der Waals surface area contributed by atoms with Crippen LogP contribution in [0.4, 0.5) is 4.39 Å². The molecule has 0 amide bonds. The lowest BCUT2D eigenvalue weighted by molar-refractivity contribution is 0.481. The molecule has 6 heteroatoms. The van der Waals surface area contributed by atoms with Gasteiger partial charge in [-0.3, -0.25) is 0 Å². The van der Waals surface area contributed by atoms with Crippen LogP contribution in [0.1, 0.15) is 37.3 Å². The van der Waals surface area contributed by atoms with Crippen molar-refractivity contribution in [1.82, 2.24) is 25.5 Å². The third-order valence-electron chi connectivity index (χ3n) is 3.06. The molecule has 1 aromatic heterocycles. The highest BCUT2D eigenvalue weighted by Gasteiger charge is 2.18. The second kappa shape index (κ2) is 5.22. The second-order valence-corrected chi connectivity index (χ2v) is 4.22. The molecule has 0 spiro atoms. The molecule has 1 heterocycles. The lowest BCUT2D eigenvalue weighted by atomic mass is 10.1. The number of tetrazole rings is 1. The predicted molar refractivity (Wildman–Crippen MR) is 65.5 cm³/mol. The Hall–Kier alpha value is -1.82. The van der Waals surface area contributed by atoms with Gasteiger partial charge in [-0.15, -0.1) is 5.10 Å². The molecule has 18 heavy (non-hydrogen) atoms. The van der Waals surface area contributed by atoms with E-state index in [-0.39, 0.29) is 17.9 Å². The molecule has 0 fully saturated rings. The molecular formula is C12H16FN5. The van der Waals surface area contributed by atoms with Gasteiger partial charge in [-0.25, -0.2) is 9.07 Å². The summed E-state index contributed by atoms with van der Waals surface area (Å²) in [5.74, 6) is 0.515. The van der Waals surface area contributed by atoms with Crippen molar-refractivity contribution < 1.29 is 4.39 Å². The summed E-state index contributed by atoms with van der Waals surface area (Å²) >= 11 is 0. The molecule has 2 aromatic rings. The number of benzene rings is 1. The Morgan fingerprint density at radius 3 is 2.50 bits per heavy atom. The average Bonchev–Trinajstić information content (AvgIpc) is 2.87. The van der Waals surface area contributed by atoms with Gasteiger partial charge >= 0.3 is 0 Å². The van der Waals surface area contributed by atoms with E-state index in [9.17, 15) is 4.39 Å². The molecule has 0 radical (unpaired) electrons. The number of hydrogen-bond acceptors (Lipinski definition) is 4. The molecule has 0 bridgehead atoms. The van der Waals surface area contributed by atoms with Crippen molar-refractivity contribution in [2.45, 2.75) is 25.9 Å². The van der Waals surface area contributed by atoms with Crippen LogP contribution in [0.3, 0.4) is 0 Å². The van der Waals surface area contributed by atoms with E-state index in [1.807, 2.05) is 20.9 Å². The highest BCUT2D eigenvalue weighted by atomic mass is 19.1. The molecule has 2 atom stereocenters. The normalized spacial score (nSPS) is 14.4. The maximum absolute atomic E-state index is 12.9. The van der Waals surface area contributed by atoms with E-state index in [1.54, 1.807) is 16.8 Å². The lowest BCUT2D eigenvalue weighted by Crippen LogP contribution is -2.21. The van der Waals surface area contributed by atoms with Crippen LogP contribution in [-0.4, -0.2) is 27.3 Å². The summed E-state index contributed by atoms with van der Waals surface area (Å²) in [4.78, 5) is 0. The number of aromatic nitrogens is 4. The van der Waals surface area contributed by atoms with Crippen LogP contribution < -0.4 is 5.32 Å². The summed E-state index contributed by atoms with van der Waals surface area (Å²) in [5.41, 5.74) is 0.966. The van der Waals surface area contributed by atoms with Crippen LogP contribution in [0.25, 0.3) is 0 Å². The fourth-order valence-corrected chi connectivity index (χ4v) is 1.77. The van der Waals surface area contributed by atoms with Gasteiger partial charge in [0, 0.05) is 0 Å². The molecule has 0 aliphatic rings. The molecule has 0 aliphatic heterocycles. The minimum Gasteiger partial charge on any atom is -0.311 e. The van der Waals surface area contributed by atoms with Gasteiger partial charge in [0.15, 0.2) is 5.82 Å². The van der Waals surface area contributed by atoms with Gasteiger partial charge in [0.05, 0.1) is 12.1 Å². The number of nitrogens with zero attached hydrogens (tertiary/aromatic N) is 4. The first kappa shape index (κ1) is 12.6. The zero-order valence-electron chi connectivity index (χ0n) is 10.6. The third kappa shape index (κ3) is 2.38. The monoisotopic (exact) mass is 249 g/mol. The molecule has 2 rings (SSSR count). The van der Waals surface area contributed by atoms with Crippen molar-refractivity contribution in [1.29, 1.82) is 0 Å². The van der Waals surface area contributed by atoms with E-state index in [0.29, 0.717) is 0 Å². The molecule has 2 unspecified atom stereocenters. The van der Waals surface area contributed by atoms with E-state index in [2.05, 4.69) is 20.8 Å². The molecule has 1 aromatic carbocycles. The fraction of sp³-hybridized carbons (Fsp3) is 0.417. The topological polar surface area (TPSA) is 55.6 Å². The SMILES string of the molecule is CNC(C)c1nnnn1C(C)c1ccc(F)cc1. The first-order chi connectivity index (χ1) is 8.63. The maximum atomic E-state index is 12.9. The minimum atomic E-state index is -0.244. The van der Waals surface area contributed by atoms with Crippen LogP contribution in [-0.2, 0) is 0 Å². The molecule has 96 valence electrons. The van der Waals surface area contributed by atoms with E-state index >= 15 is 0 Å². The lowest BCUT2D eigenvalue weighted by Gasteiger charge is -2.16. The van der Waals surface area contributed by atoms with Gasteiger partial charge in [0.1, 0.15) is 5.82 Å². The summed E-state index contributed by atoms with van der Waals surface area (Å²) in [6.45, 7) is 3.97. The van der Waals surface area contributed by atoms with Crippen molar-refractivity contribution in [3.63, 3.8) is 0 Å². The van der Waals surface area contributed by atoms with E-state index < -0.39 is 0 Å². The molecule has 0 aliphatic carbocycles. The maximum Gasteiger partial charge on any atom is 0.168 e. The van der Waals surface area contributed by atoms with Crippen molar-refractivity contribution in [3.8, 4) is 0 Å². The molecular weight excluding hydrogens is 233 g/mol. The van der Waals surface area contributed by atoms with Crippen LogP contribution in [0, 0.1) is 5.82 Å². The zero-order chi connectivity index (χ0) is 13.1. The second-order valence-electron chi connectivity index (χ2n) is 4.22.